The zero-order valence-electron chi connectivity index (χ0n) is 14.5. The Bertz CT molecular complexity index is 775. The maximum absolute atomic E-state index is 11.2. The van der Waals surface area contributed by atoms with Crippen molar-refractivity contribution in [1.29, 1.82) is 0 Å². The van der Waals surface area contributed by atoms with Crippen LogP contribution in [-0.4, -0.2) is 18.9 Å². The van der Waals surface area contributed by atoms with Crippen LogP contribution in [0.3, 0.4) is 0 Å². The van der Waals surface area contributed by atoms with E-state index in [1.807, 2.05) is 44.2 Å². The minimum atomic E-state index is -0.506. The number of nitrogens with one attached hydrogen (secondary N) is 1. The van der Waals surface area contributed by atoms with Gasteiger partial charge in [0, 0.05) is 11.6 Å². The van der Waals surface area contributed by atoms with E-state index >= 15 is 0 Å². The summed E-state index contributed by atoms with van der Waals surface area (Å²) in [6.07, 6.45) is -0.506. The van der Waals surface area contributed by atoms with Gasteiger partial charge < -0.3 is 14.9 Å². The first-order valence-electron chi connectivity index (χ1n) is 7.82. The molecule has 1 amide bonds. The average Bonchev–Trinajstić information content (AvgIpc) is 2.60. The first-order valence-corrected chi connectivity index (χ1v) is 8.20. The molecule has 0 radical (unpaired) electrons. The molecule has 5 nitrogen and oxygen atoms in total. The van der Waals surface area contributed by atoms with Crippen molar-refractivity contribution in [1.82, 2.24) is 5.32 Å². The van der Waals surface area contributed by atoms with E-state index in [1.165, 1.54) is 12.7 Å². The zero-order valence-corrected chi connectivity index (χ0v) is 15.3. The monoisotopic (exact) mass is 360 g/mol. The minimum Gasteiger partial charge on any atom is -0.453 e. The first kappa shape index (κ1) is 18.8. The third-order valence-electron chi connectivity index (χ3n) is 3.59. The van der Waals surface area contributed by atoms with E-state index in [9.17, 15) is 4.79 Å². The van der Waals surface area contributed by atoms with E-state index in [0.717, 1.165) is 22.4 Å². The van der Waals surface area contributed by atoms with Crippen LogP contribution >= 0.6 is 11.6 Å². The lowest BCUT2D eigenvalue weighted by Gasteiger charge is -2.09. The second-order valence-electron chi connectivity index (χ2n) is 5.59. The molecule has 0 heterocycles. The van der Waals surface area contributed by atoms with Crippen molar-refractivity contribution >= 4 is 23.4 Å². The van der Waals surface area contributed by atoms with Gasteiger partial charge in [-0.15, -0.1) is 0 Å². The summed E-state index contributed by atoms with van der Waals surface area (Å²) in [5, 5.41) is 7.34. The molecule has 0 bridgehead atoms. The van der Waals surface area contributed by atoms with Gasteiger partial charge in [-0.05, 0) is 42.7 Å². The van der Waals surface area contributed by atoms with Crippen molar-refractivity contribution in [3.8, 4) is 0 Å². The van der Waals surface area contributed by atoms with Gasteiger partial charge in [0.25, 0.3) is 0 Å². The molecule has 0 aromatic heterocycles. The zero-order chi connectivity index (χ0) is 18.2. The normalized spacial score (nSPS) is 11.1. The van der Waals surface area contributed by atoms with Crippen LogP contribution in [0.4, 0.5) is 4.79 Å². The molecular weight excluding hydrogens is 340 g/mol. The number of amides is 1. The summed E-state index contributed by atoms with van der Waals surface area (Å²) in [5.74, 6) is 0. The third-order valence-corrected chi connectivity index (χ3v) is 3.96. The Morgan fingerprint density at radius 3 is 2.76 bits per heavy atom. The molecule has 1 N–H and O–H groups in total. The topological polar surface area (TPSA) is 59.9 Å². The fraction of sp³-hybridized carbons (Fsp3) is 0.263. The summed E-state index contributed by atoms with van der Waals surface area (Å²) >= 11 is 6.16. The quantitative estimate of drug-likeness (QED) is 0.611. The average molecular weight is 361 g/mol. The number of hydrogen-bond donors (Lipinski definition) is 1. The second kappa shape index (κ2) is 9.08. The van der Waals surface area contributed by atoms with E-state index in [0.29, 0.717) is 11.6 Å². The Morgan fingerprint density at radius 2 is 2.04 bits per heavy atom. The predicted octanol–water partition coefficient (Wildman–Crippen LogP) is 4.45. The highest BCUT2D eigenvalue weighted by atomic mass is 35.5. The molecule has 0 spiro atoms. The number of methoxy groups -OCH3 is 1. The summed E-state index contributed by atoms with van der Waals surface area (Å²) in [5.41, 5.74) is 4.62. The van der Waals surface area contributed by atoms with Crippen LogP contribution in [0.15, 0.2) is 47.6 Å². The van der Waals surface area contributed by atoms with E-state index in [2.05, 4.69) is 21.3 Å². The Balaban J connectivity index is 2.02. The SMILES string of the molecule is COC(=O)NCc1cc(/C(C)=N/OCc2cccc(C)c2)ccc1Cl. The Morgan fingerprint density at radius 1 is 1.24 bits per heavy atom. The third kappa shape index (κ3) is 5.80. The highest BCUT2D eigenvalue weighted by Crippen LogP contribution is 2.18. The summed E-state index contributed by atoms with van der Waals surface area (Å²) < 4.78 is 4.56. The number of hydrogen-bond acceptors (Lipinski definition) is 4. The summed E-state index contributed by atoms with van der Waals surface area (Å²) in [4.78, 5) is 16.6. The largest absolute Gasteiger partial charge is 0.453 e. The van der Waals surface area contributed by atoms with E-state index in [-0.39, 0.29) is 6.54 Å². The molecule has 0 atom stereocenters. The number of benzene rings is 2. The predicted molar refractivity (Wildman–Crippen MR) is 98.9 cm³/mol. The van der Waals surface area contributed by atoms with E-state index < -0.39 is 6.09 Å². The standard InChI is InChI=1S/C19H21ClN2O3/c1-13-5-4-6-15(9-13)12-25-22-14(2)16-7-8-18(20)17(10-16)11-21-19(23)24-3/h4-10H,11-12H2,1-3H3,(H,21,23)/b22-14+. The van der Waals surface area contributed by atoms with Crippen LogP contribution in [0.1, 0.15) is 29.2 Å². The summed E-state index contributed by atoms with van der Waals surface area (Å²) in [6, 6.07) is 13.6. The maximum Gasteiger partial charge on any atom is 0.407 e. The van der Waals surface area contributed by atoms with Crippen molar-refractivity contribution in [3.05, 3.63) is 69.7 Å². The highest BCUT2D eigenvalue weighted by molar-refractivity contribution is 6.31. The van der Waals surface area contributed by atoms with Crippen molar-refractivity contribution in [2.45, 2.75) is 27.0 Å². The number of carbonyl (C=O) groups excluding carboxylic acids is 1. The van der Waals surface area contributed by atoms with E-state index in [1.54, 1.807) is 6.07 Å². The second-order valence-corrected chi connectivity index (χ2v) is 6.00. The highest BCUT2D eigenvalue weighted by Gasteiger charge is 2.07. The molecule has 0 aliphatic rings. The molecule has 25 heavy (non-hydrogen) atoms. The molecule has 0 aliphatic carbocycles. The molecule has 0 fully saturated rings. The number of nitrogens with zero attached hydrogens (tertiary/aromatic N) is 1. The van der Waals surface area contributed by atoms with Crippen LogP contribution in [0.5, 0.6) is 0 Å². The molecule has 2 aromatic rings. The number of aryl methyl sites for hydroxylation is 1. The van der Waals surface area contributed by atoms with Crippen molar-refractivity contribution in [3.63, 3.8) is 0 Å². The number of carbonyl (C=O) groups is 1. The van der Waals surface area contributed by atoms with Crippen LogP contribution in [0, 0.1) is 6.92 Å². The molecule has 0 saturated heterocycles. The van der Waals surface area contributed by atoms with Crippen LogP contribution in [0.25, 0.3) is 0 Å². The maximum atomic E-state index is 11.2. The van der Waals surface area contributed by atoms with Gasteiger partial charge in [0.2, 0.25) is 0 Å². The Labute approximate surface area is 152 Å². The van der Waals surface area contributed by atoms with Gasteiger partial charge in [0.05, 0.1) is 12.8 Å². The lowest BCUT2D eigenvalue weighted by molar-refractivity contribution is 0.130. The molecule has 2 aromatic carbocycles. The summed E-state index contributed by atoms with van der Waals surface area (Å²) in [7, 11) is 1.32. The minimum absolute atomic E-state index is 0.275. The van der Waals surface area contributed by atoms with Gasteiger partial charge in [-0.2, -0.15) is 0 Å². The van der Waals surface area contributed by atoms with Gasteiger partial charge in [0.15, 0.2) is 0 Å². The fourth-order valence-corrected chi connectivity index (χ4v) is 2.42. The molecule has 0 saturated carbocycles. The molecule has 0 unspecified atom stereocenters. The smallest absolute Gasteiger partial charge is 0.407 e. The number of alkyl carbamates (subject to hydrolysis) is 1. The summed E-state index contributed by atoms with van der Waals surface area (Å²) in [6.45, 7) is 4.58. The molecular formula is C19H21ClN2O3. The number of oxime groups is 1. The van der Waals surface area contributed by atoms with Gasteiger partial charge in [-0.1, -0.05) is 52.7 Å². The van der Waals surface area contributed by atoms with Crippen LogP contribution < -0.4 is 5.32 Å². The number of ether oxygens (including phenoxy) is 1. The lowest BCUT2D eigenvalue weighted by Crippen LogP contribution is -2.22. The van der Waals surface area contributed by atoms with Crippen molar-refractivity contribution in [2.75, 3.05) is 7.11 Å². The molecule has 6 heteroatoms. The Hall–Kier alpha value is -2.53. The number of rotatable bonds is 6. The molecule has 2 rings (SSSR count). The number of halogens is 1. The van der Waals surface area contributed by atoms with Gasteiger partial charge in [-0.3, -0.25) is 0 Å². The Kier molecular flexibility index (Phi) is 6.83. The first-order chi connectivity index (χ1) is 12.0. The van der Waals surface area contributed by atoms with E-state index in [4.69, 9.17) is 16.4 Å². The molecule has 132 valence electrons. The van der Waals surface area contributed by atoms with Crippen molar-refractivity contribution in [2.24, 2.45) is 5.16 Å². The van der Waals surface area contributed by atoms with Gasteiger partial charge >= 0.3 is 6.09 Å². The fourth-order valence-electron chi connectivity index (χ4n) is 2.23. The molecule has 0 aliphatic heterocycles. The lowest BCUT2D eigenvalue weighted by atomic mass is 10.1. The van der Waals surface area contributed by atoms with Crippen LogP contribution in [0.2, 0.25) is 5.02 Å². The van der Waals surface area contributed by atoms with Crippen LogP contribution in [-0.2, 0) is 22.7 Å². The van der Waals surface area contributed by atoms with Gasteiger partial charge in [0.1, 0.15) is 6.61 Å². The van der Waals surface area contributed by atoms with Gasteiger partial charge in [-0.25, -0.2) is 4.79 Å². The van der Waals surface area contributed by atoms with Crippen molar-refractivity contribution < 1.29 is 14.4 Å².